The number of terminal acetylenes is 2. The lowest BCUT2D eigenvalue weighted by molar-refractivity contribution is 0.151. The average Bonchev–Trinajstić information content (AvgIpc) is 3.91. The Bertz CT molecular complexity index is 1470. The highest BCUT2D eigenvalue weighted by atomic mass is 32.2. The van der Waals surface area contributed by atoms with E-state index in [-0.39, 0.29) is 12.2 Å². The molecule has 2 fully saturated rings. The second kappa shape index (κ2) is 21.2. The number of hydrogen-bond acceptors (Lipinski definition) is 12. The van der Waals surface area contributed by atoms with Crippen LogP contribution in [0, 0.1) is 36.5 Å². The molecule has 0 bridgehead atoms. The normalized spacial score (nSPS) is 21.8. The maximum atomic E-state index is 10.4. The zero-order valence-corrected chi connectivity index (χ0v) is 30.1. The molecule has 4 atom stereocenters. The second-order valence-corrected chi connectivity index (χ2v) is 15.0. The van der Waals surface area contributed by atoms with E-state index in [0.29, 0.717) is 23.5 Å². The minimum absolute atomic E-state index is 0.131. The monoisotopic (exact) mass is 704 g/mol. The number of nitrogens with zero attached hydrogens (tertiary/aromatic N) is 5. The molecule has 0 spiro atoms. The summed E-state index contributed by atoms with van der Waals surface area (Å²) in [5.74, 6) is 11.7. The van der Waals surface area contributed by atoms with Crippen molar-refractivity contribution in [1.82, 2.24) is 30.2 Å². The Balaban J connectivity index is 0.000000188. The van der Waals surface area contributed by atoms with Crippen LogP contribution < -0.4 is 16.8 Å². The SMILES string of the molecule is C#CCCCCSC[C@H]1CN(CC2=CCc3c(N)ncnc32)C[C@@H]1O.C#CCCCCSC[C@H]1CNC[C@@H]1O.Nc1ncnc2c1CC=C2. The molecule has 2 aliphatic heterocycles. The number of β-amino-alcohol motifs (C(OH)–C–C–N with tert-alkyl or cyclic N) is 2. The van der Waals surface area contributed by atoms with Gasteiger partial charge in [-0.05, 0) is 73.2 Å². The lowest BCUT2D eigenvalue weighted by Crippen LogP contribution is -2.24. The van der Waals surface area contributed by atoms with Crippen LogP contribution in [0.1, 0.15) is 61.0 Å². The van der Waals surface area contributed by atoms with Crippen molar-refractivity contribution in [3.63, 3.8) is 0 Å². The number of aliphatic hydroxyl groups is 2. The van der Waals surface area contributed by atoms with Crippen molar-refractivity contribution in [2.24, 2.45) is 11.8 Å². The number of aromatic nitrogens is 4. The summed E-state index contributed by atoms with van der Waals surface area (Å²) in [6.45, 7) is 4.23. The fourth-order valence-electron chi connectivity index (χ4n) is 6.14. The lowest BCUT2D eigenvalue weighted by Gasteiger charge is -2.16. The van der Waals surface area contributed by atoms with Gasteiger partial charge in [0.2, 0.25) is 0 Å². The molecule has 2 aromatic rings. The maximum absolute atomic E-state index is 10.4. The topological polar surface area (TPSA) is 159 Å². The van der Waals surface area contributed by atoms with E-state index in [1.54, 1.807) is 0 Å². The Labute approximate surface area is 300 Å². The number of thioether (sulfide) groups is 2. The molecule has 4 aliphatic rings. The molecule has 4 heterocycles. The van der Waals surface area contributed by atoms with Crippen molar-refractivity contribution in [2.75, 3.05) is 67.2 Å². The molecule has 7 N–H and O–H groups in total. The van der Waals surface area contributed by atoms with Gasteiger partial charge in [0, 0.05) is 68.5 Å². The summed E-state index contributed by atoms with van der Waals surface area (Å²) in [7, 11) is 0. The number of nitrogen functional groups attached to an aromatic ring is 2. The first-order valence-corrected chi connectivity index (χ1v) is 19.6. The highest BCUT2D eigenvalue weighted by Gasteiger charge is 2.32. The van der Waals surface area contributed by atoms with E-state index in [2.05, 4.69) is 48.1 Å². The molecule has 0 saturated carbocycles. The Hall–Kier alpha value is -3.10. The molecule has 6 rings (SSSR count). The lowest BCUT2D eigenvalue weighted by atomic mass is 10.1. The molecule has 0 radical (unpaired) electrons. The molecule has 264 valence electrons. The number of hydrogen-bond donors (Lipinski definition) is 5. The number of unbranched alkanes of at least 4 members (excludes halogenated alkanes) is 4. The van der Waals surface area contributed by atoms with Gasteiger partial charge < -0.3 is 27.0 Å². The number of allylic oxidation sites excluding steroid dienone is 2. The number of fused-ring (bicyclic) bond motifs is 2. The van der Waals surface area contributed by atoms with Crippen molar-refractivity contribution in [3.05, 3.63) is 47.3 Å². The molecule has 2 saturated heterocycles. The zero-order chi connectivity index (χ0) is 34.8. The van der Waals surface area contributed by atoms with Gasteiger partial charge in [0.05, 0.1) is 23.6 Å². The fourth-order valence-corrected chi connectivity index (χ4v) is 8.57. The van der Waals surface area contributed by atoms with Crippen LogP contribution in [-0.4, -0.2) is 103 Å². The molecule has 0 unspecified atom stereocenters. The predicted molar refractivity (Wildman–Crippen MR) is 206 cm³/mol. The van der Waals surface area contributed by atoms with Crippen LogP contribution in [0.15, 0.2) is 24.8 Å². The van der Waals surface area contributed by atoms with Crippen LogP contribution in [0.25, 0.3) is 11.6 Å². The Kier molecular flexibility index (Phi) is 16.7. The first-order chi connectivity index (χ1) is 23.9. The summed E-state index contributed by atoms with van der Waals surface area (Å²) in [5, 5.41) is 23.1. The van der Waals surface area contributed by atoms with Gasteiger partial charge in [-0.3, -0.25) is 4.90 Å². The molecule has 12 heteroatoms. The summed E-state index contributed by atoms with van der Waals surface area (Å²) in [6, 6.07) is 0. The molecule has 10 nitrogen and oxygen atoms in total. The minimum Gasteiger partial charge on any atom is -0.391 e. The van der Waals surface area contributed by atoms with Gasteiger partial charge >= 0.3 is 0 Å². The third-order valence-corrected chi connectivity index (χ3v) is 11.5. The van der Waals surface area contributed by atoms with Crippen LogP contribution >= 0.6 is 23.5 Å². The van der Waals surface area contributed by atoms with Crippen molar-refractivity contribution >= 4 is 46.8 Å². The van der Waals surface area contributed by atoms with E-state index in [1.165, 1.54) is 30.4 Å². The van der Waals surface area contributed by atoms with Crippen LogP contribution in [0.5, 0.6) is 0 Å². The van der Waals surface area contributed by atoms with Crippen molar-refractivity contribution in [3.8, 4) is 24.7 Å². The molecule has 0 amide bonds. The van der Waals surface area contributed by atoms with Gasteiger partial charge in [-0.2, -0.15) is 23.5 Å². The summed E-state index contributed by atoms with van der Waals surface area (Å²) in [4.78, 5) is 18.7. The van der Waals surface area contributed by atoms with Crippen LogP contribution in [0.3, 0.4) is 0 Å². The van der Waals surface area contributed by atoms with Gasteiger partial charge in [0.25, 0.3) is 0 Å². The minimum atomic E-state index is -0.241. The average molecular weight is 705 g/mol. The summed E-state index contributed by atoms with van der Waals surface area (Å²) >= 11 is 3.87. The van der Waals surface area contributed by atoms with Gasteiger partial charge in [0.1, 0.15) is 24.3 Å². The smallest absolute Gasteiger partial charge is 0.130 e. The van der Waals surface area contributed by atoms with E-state index in [0.717, 1.165) is 117 Å². The Morgan fingerprint density at radius 2 is 1.49 bits per heavy atom. The van der Waals surface area contributed by atoms with Crippen LogP contribution in [0.2, 0.25) is 0 Å². The zero-order valence-electron chi connectivity index (χ0n) is 28.5. The summed E-state index contributed by atoms with van der Waals surface area (Å²) in [5.41, 5.74) is 16.8. The number of likely N-dealkylation sites (tertiary alicyclic amines) is 1. The number of aliphatic hydroxyl groups excluding tert-OH is 2. The maximum Gasteiger partial charge on any atom is 0.130 e. The van der Waals surface area contributed by atoms with Crippen LogP contribution in [-0.2, 0) is 12.8 Å². The highest BCUT2D eigenvalue weighted by Crippen LogP contribution is 2.31. The van der Waals surface area contributed by atoms with Gasteiger partial charge in [-0.1, -0.05) is 12.2 Å². The summed E-state index contributed by atoms with van der Waals surface area (Å²) in [6.07, 6.45) is 27.3. The van der Waals surface area contributed by atoms with E-state index in [1.807, 2.05) is 35.7 Å². The number of nitrogens with two attached hydrogens (primary N) is 2. The number of anilines is 2. The molecular formula is C37H52N8O2S2. The standard InChI is InChI=1S/C19H26N4OS.C11H19NOS.C7H7N3/c1-2-3-4-5-8-25-12-15-10-23(11-17(15)24)9-14-6-7-16-18(14)21-13-22-19(16)20;1-2-3-4-5-6-14-9-10-7-12-8-11(10)13;8-7-5-2-1-3-6(5)9-4-10-7/h1,6,13,15,17,24H,3-5,7-12H2,(H2,20,21,22);1,10-13H,3-9H2;1,3-4H,2H2,(H2,8,9,10)/t15-,17+;10-,11+;/m11./s1. The third kappa shape index (κ3) is 12.3. The largest absolute Gasteiger partial charge is 0.391 e. The quantitative estimate of drug-likeness (QED) is 0.144. The van der Waals surface area contributed by atoms with Crippen molar-refractivity contribution in [1.29, 1.82) is 0 Å². The predicted octanol–water partition coefficient (Wildman–Crippen LogP) is 3.56. The Morgan fingerprint density at radius 3 is 2.14 bits per heavy atom. The number of nitrogens with one attached hydrogen (secondary N) is 1. The van der Waals surface area contributed by atoms with E-state index >= 15 is 0 Å². The van der Waals surface area contributed by atoms with Crippen molar-refractivity contribution < 1.29 is 10.2 Å². The van der Waals surface area contributed by atoms with E-state index in [9.17, 15) is 10.2 Å². The van der Waals surface area contributed by atoms with E-state index in [4.69, 9.17) is 24.3 Å². The molecular weight excluding hydrogens is 653 g/mol. The molecule has 0 aromatic carbocycles. The highest BCUT2D eigenvalue weighted by molar-refractivity contribution is 7.99. The Morgan fingerprint density at radius 1 is 0.816 bits per heavy atom. The van der Waals surface area contributed by atoms with Crippen molar-refractivity contribution in [2.45, 2.75) is 63.6 Å². The third-order valence-electron chi connectivity index (χ3n) is 9.01. The van der Waals surface area contributed by atoms with E-state index < -0.39 is 0 Å². The fraction of sp³-hybridized carbons (Fsp3) is 0.568. The molecule has 2 aromatic heterocycles. The molecule has 2 aliphatic carbocycles. The summed E-state index contributed by atoms with van der Waals surface area (Å²) < 4.78 is 0. The van der Waals surface area contributed by atoms with Gasteiger partial charge in [0.15, 0.2) is 0 Å². The first-order valence-electron chi connectivity index (χ1n) is 17.3. The first kappa shape index (κ1) is 38.7. The van der Waals surface area contributed by atoms with Gasteiger partial charge in [-0.15, -0.1) is 24.7 Å². The molecule has 49 heavy (non-hydrogen) atoms. The van der Waals surface area contributed by atoms with Gasteiger partial charge in [-0.25, -0.2) is 19.9 Å². The number of rotatable bonds is 14. The second-order valence-electron chi connectivity index (χ2n) is 12.7. The van der Waals surface area contributed by atoms with Crippen LogP contribution in [0.4, 0.5) is 11.6 Å².